The van der Waals surface area contributed by atoms with Crippen molar-refractivity contribution < 1.29 is 4.74 Å². The van der Waals surface area contributed by atoms with Crippen LogP contribution < -0.4 is 10.5 Å². The highest BCUT2D eigenvalue weighted by Crippen LogP contribution is 2.40. The molecule has 1 aliphatic rings. The molecule has 0 spiro atoms. The van der Waals surface area contributed by atoms with Crippen LogP contribution in [0.25, 0.3) is 0 Å². The van der Waals surface area contributed by atoms with Crippen LogP contribution in [0.3, 0.4) is 0 Å². The van der Waals surface area contributed by atoms with Gasteiger partial charge in [-0.25, -0.2) is 0 Å². The number of benzene rings is 1. The third-order valence-electron chi connectivity index (χ3n) is 3.90. The molecule has 0 heterocycles. The van der Waals surface area contributed by atoms with Crippen LogP contribution in [-0.2, 0) is 12.8 Å². The smallest absolute Gasteiger partial charge is 0.141 e. The van der Waals surface area contributed by atoms with Crippen LogP contribution in [0, 0.1) is 0 Å². The maximum absolute atomic E-state index is 6.36. The minimum Gasteiger partial charge on any atom is -0.495 e. The topological polar surface area (TPSA) is 35.2 Å². The van der Waals surface area contributed by atoms with Gasteiger partial charge in [-0.1, -0.05) is 24.9 Å². The number of hydrogen-bond donors (Lipinski definition) is 1. The van der Waals surface area contributed by atoms with Gasteiger partial charge in [0.1, 0.15) is 5.75 Å². The summed E-state index contributed by atoms with van der Waals surface area (Å²) in [5.41, 5.74) is 9.93. The first kappa shape index (κ1) is 13.7. The summed E-state index contributed by atoms with van der Waals surface area (Å²) in [7, 11) is 1.69. The van der Waals surface area contributed by atoms with Gasteiger partial charge in [0.2, 0.25) is 0 Å². The quantitative estimate of drug-likeness (QED) is 0.848. The summed E-state index contributed by atoms with van der Waals surface area (Å²) in [6, 6.07) is 2.09. The van der Waals surface area contributed by atoms with E-state index in [1.54, 1.807) is 7.11 Å². The fourth-order valence-electron chi connectivity index (χ4n) is 2.90. The zero-order valence-corrected chi connectivity index (χ0v) is 12.0. The Labute approximate surface area is 114 Å². The van der Waals surface area contributed by atoms with E-state index in [0.29, 0.717) is 12.5 Å². The van der Waals surface area contributed by atoms with Crippen molar-refractivity contribution >= 4 is 11.6 Å². The van der Waals surface area contributed by atoms with Crippen LogP contribution in [-0.4, -0.2) is 13.7 Å². The Kier molecular flexibility index (Phi) is 4.52. The third kappa shape index (κ3) is 2.50. The summed E-state index contributed by atoms with van der Waals surface area (Å²) >= 11 is 6.36. The summed E-state index contributed by atoms with van der Waals surface area (Å²) in [6.45, 7) is 2.78. The second kappa shape index (κ2) is 5.94. The van der Waals surface area contributed by atoms with Crippen molar-refractivity contribution in [2.45, 2.75) is 44.9 Å². The second-order valence-electron chi connectivity index (χ2n) is 5.14. The molecule has 1 aliphatic carbocycles. The normalized spacial score (nSPS) is 16.9. The average Bonchev–Trinajstić information content (AvgIpc) is 2.61. The Morgan fingerprint density at radius 2 is 2.06 bits per heavy atom. The van der Waals surface area contributed by atoms with E-state index in [-0.39, 0.29) is 0 Å². The minimum atomic E-state index is 0.297. The van der Waals surface area contributed by atoms with Gasteiger partial charge in [-0.15, -0.1) is 0 Å². The van der Waals surface area contributed by atoms with Gasteiger partial charge in [-0.3, -0.25) is 0 Å². The molecule has 0 bridgehead atoms. The van der Waals surface area contributed by atoms with Crippen LogP contribution >= 0.6 is 11.6 Å². The molecule has 0 aliphatic heterocycles. The summed E-state index contributed by atoms with van der Waals surface area (Å²) in [4.78, 5) is 0. The lowest BCUT2D eigenvalue weighted by molar-refractivity contribution is 0.406. The second-order valence-corrected chi connectivity index (χ2v) is 5.55. The van der Waals surface area contributed by atoms with Gasteiger partial charge in [0.25, 0.3) is 0 Å². The van der Waals surface area contributed by atoms with Crippen molar-refractivity contribution in [1.29, 1.82) is 0 Å². The van der Waals surface area contributed by atoms with E-state index in [1.807, 2.05) is 0 Å². The molecule has 18 heavy (non-hydrogen) atoms. The molecule has 2 rings (SSSR count). The van der Waals surface area contributed by atoms with Gasteiger partial charge in [0.15, 0.2) is 0 Å². The lowest BCUT2D eigenvalue weighted by Crippen LogP contribution is -2.14. The fourth-order valence-corrected chi connectivity index (χ4v) is 3.21. The van der Waals surface area contributed by atoms with Crippen molar-refractivity contribution in [3.8, 4) is 5.75 Å². The molecule has 1 unspecified atom stereocenters. The first-order valence-electron chi connectivity index (χ1n) is 6.77. The molecule has 3 heteroatoms. The van der Waals surface area contributed by atoms with E-state index in [1.165, 1.54) is 36.0 Å². The Morgan fingerprint density at radius 1 is 1.33 bits per heavy atom. The first-order chi connectivity index (χ1) is 8.69. The third-order valence-corrected chi connectivity index (χ3v) is 4.18. The molecule has 0 fully saturated rings. The van der Waals surface area contributed by atoms with Crippen molar-refractivity contribution in [3.05, 3.63) is 27.8 Å². The molecule has 1 aromatic carbocycles. The van der Waals surface area contributed by atoms with Crippen LogP contribution in [0.1, 0.15) is 48.8 Å². The van der Waals surface area contributed by atoms with E-state index in [0.717, 1.165) is 23.6 Å². The maximum Gasteiger partial charge on any atom is 0.141 e. The number of halogens is 1. The van der Waals surface area contributed by atoms with Crippen molar-refractivity contribution in [2.24, 2.45) is 5.73 Å². The van der Waals surface area contributed by atoms with E-state index >= 15 is 0 Å². The lowest BCUT2D eigenvalue weighted by atomic mass is 9.89. The number of fused-ring (bicyclic) bond motifs is 1. The Hall–Kier alpha value is -0.730. The lowest BCUT2D eigenvalue weighted by Gasteiger charge is -2.22. The highest BCUT2D eigenvalue weighted by Gasteiger charge is 2.22. The van der Waals surface area contributed by atoms with Crippen LogP contribution in [0.5, 0.6) is 5.75 Å². The standard InChI is InChI=1S/C15H22ClNO/c1-10(9-17)14-12-7-5-3-4-6-11(12)8-13(16)15(14)18-2/h8,10H,3-7,9,17H2,1-2H3. The number of nitrogens with two attached hydrogens (primary N) is 1. The first-order valence-corrected chi connectivity index (χ1v) is 7.15. The largest absolute Gasteiger partial charge is 0.495 e. The number of methoxy groups -OCH3 is 1. The maximum atomic E-state index is 6.36. The van der Waals surface area contributed by atoms with Gasteiger partial charge in [-0.2, -0.15) is 0 Å². The Balaban J connectivity index is 2.60. The molecule has 0 amide bonds. The Bertz CT molecular complexity index is 431. The van der Waals surface area contributed by atoms with Crippen molar-refractivity contribution in [1.82, 2.24) is 0 Å². The van der Waals surface area contributed by atoms with Gasteiger partial charge >= 0.3 is 0 Å². The van der Waals surface area contributed by atoms with Gasteiger partial charge < -0.3 is 10.5 Å². The number of hydrogen-bond acceptors (Lipinski definition) is 2. The van der Waals surface area contributed by atoms with Crippen LogP contribution in [0.2, 0.25) is 5.02 Å². The average molecular weight is 268 g/mol. The summed E-state index contributed by atoms with van der Waals surface area (Å²) in [5, 5.41) is 0.730. The highest BCUT2D eigenvalue weighted by atomic mass is 35.5. The molecule has 2 nitrogen and oxygen atoms in total. The molecular formula is C15H22ClNO. The molecule has 0 aromatic heterocycles. The molecule has 2 N–H and O–H groups in total. The summed E-state index contributed by atoms with van der Waals surface area (Å²) in [6.07, 6.45) is 6.06. The predicted octanol–water partition coefficient (Wildman–Crippen LogP) is 3.68. The zero-order chi connectivity index (χ0) is 13.1. The fraction of sp³-hybridized carbons (Fsp3) is 0.600. The highest BCUT2D eigenvalue weighted by molar-refractivity contribution is 6.32. The van der Waals surface area contributed by atoms with Gasteiger partial charge in [0, 0.05) is 5.56 Å². The minimum absolute atomic E-state index is 0.297. The van der Waals surface area contributed by atoms with Crippen LogP contribution in [0.4, 0.5) is 0 Å². The summed E-state index contributed by atoms with van der Waals surface area (Å²) in [5.74, 6) is 1.13. The number of aryl methyl sites for hydroxylation is 1. The van der Waals surface area contributed by atoms with E-state index < -0.39 is 0 Å². The zero-order valence-electron chi connectivity index (χ0n) is 11.3. The van der Waals surface area contributed by atoms with Gasteiger partial charge in [-0.05, 0) is 55.3 Å². The monoisotopic (exact) mass is 267 g/mol. The number of rotatable bonds is 3. The van der Waals surface area contributed by atoms with E-state index in [4.69, 9.17) is 22.1 Å². The summed E-state index contributed by atoms with van der Waals surface area (Å²) < 4.78 is 5.52. The van der Waals surface area contributed by atoms with Crippen molar-refractivity contribution in [3.63, 3.8) is 0 Å². The van der Waals surface area contributed by atoms with Gasteiger partial charge in [0.05, 0.1) is 12.1 Å². The molecular weight excluding hydrogens is 246 g/mol. The molecule has 0 saturated carbocycles. The number of ether oxygens (including phenoxy) is 1. The van der Waals surface area contributed by atoms with E-state index in [9.17, 15) is 0 Å². The van der Waals surface area contributed by atoms with Crippen molar-refractivity contribution in [2.75, 3.05) is 13.7 Å². The molecule has 1 aromatic rings. The van der Waals surface area contributed by atoms with Crippen LogP contribution in [0.15, 0.2) is 6.07 Å². The molecule has 0 radical (unpaired) electrons. The Morgan fingerprint density at radius 3 is 2.72 bits per heavy atom. The predicted molar refractivity (Wildman–Crippen MR) is 76.7 cm³/mol. The van der Waals surface area contributed by atoms with E-state index in [2.05, 4.69) is 13.0 Å². The molecule has 100 valence electrons. The SMILES string of the molecule is COc1c(Cl)cc2c(c1C(C)CN)CCCCC2. The molecule has 0 saturated heterocycles. The molecule has 1 atom stereocenters.